The lowest BCUT2D eigenvalue weighted by Crippen LogP contribution is -2.14. The zero-order chi connectivity index (χ0) is 14.9. The highest BCUT2D eigenvalue weighted by Crippen LogP contribution is 2.20. The standard InChI is InChI=1S/C16H12N2O2S/c17-15-10-11-16(14-9-5-4-8-13(14)15)18-21(19,20)12-6-2-1-3-7-12/h1-11,17H. The molecule has 0 fully saturated rings. The third-order valence-corrected chi connectivity index (χ3v) is 4.47. The second kappa shape index (κ2) is 5.10. The molecule has 0 spiro atoms. The summed E-state index contributed by atoms with van der Waals surface area (Å²) in [5.74, 6) is 0. The maximum atomic E-state index is 12.3. The number of allylic oxidation sites excluding steroid dienone is 2. The normalized spacial score (nSPS) is 16.0. The van der Waals surface area contributed by atoms with Crippen LogP contribution in [0.3, 0.4) is 0 Å². The number of nitrogens with one attached hydrogen (secondary N) is 1. The van der Waals surface area contributed by atoms with Crippen molar-refractivity contribution in [3.05, 3.63) is 77.9 Å². The van der Waals surface area contributed by atoms with E-state index >= 15 is 0 Å². The molecule has 1 N–H and O–H groups in total. The highest BCUT2D eigenvalue weighted by Gasteiger charge is 2.18. The zero-order valence-corrected chi connectivity index (χ0v) is 11.8. The van der Waals surface area contributed by atoms with Crippen molar-refractivity contribution < 1.29 is 8.42 Å². The third-order valence-electron chi connectivity index (χ3n) is 3.16. The van der Waals surface area contributed by atoms with Gasteiger partial charge in [0.15, 0.2) is 0 Å². The molecule has 0 heterocycles. The van der Waals surface area contributed by atoms with Gasteiger partial charge in [-0.1, -0.05) is 42.5 Å². The fourth-order valence-corrected chi connectivity index (χ4v) is 3.16. The van der Waals surface area contributed by atoms with Crippen molar-refractivity contribution in [3.8, 4) is 0 Å². The van der Waals surface area contributed by atoms with Crippen LogP contribution < -0.4 is 0 Å². The Morgan fingerprint density at radius 3 is 2.14 bits per heavy atom. The van der Waals surface area contributed by atoms with Crippen molar-refractivity contribution in [2.24, 2.45) is 4.40 Å². The molecule has 0 bridgehead atoms. The van der Waals surface area contributed by atoms with E-state index in [1.54, 1.807) is 48.6 Å². The highest BCUT2D eigenvalue weighted by atomic mass is 32.2. The summed E-state index contributed by atoms with van der Waals surface area (Å²) in [6.07, 6.45) is 3.12. The van der Waals surface area contributed by atoms with Gasteiger partial charge in [-0.2, -0.15) is 12.8 Å². The van der Waals surface area contributed by atoms with E-state index in [1.165, 1.54) is 12.1 Å². The van der Waals surface area contributed by atoms with E-state index in [9.17, 15) is 8.42 Å². The fourth-order valence-electron chi connectivity index (χ4n) is 2.14. The first-order valence-corrected chi connectivity index (χ1v) is 7.78. The SMILES string of the molecule is N=C1C=CC(=NS(=O)(=O)c2ccccc2)c2ccccc21. The van der Waals surface area contributed by atoms with Crippen LogP contribution in [-0.4, -0.2) is 19.8 Å². The van der Waals surface area contributed by atoms with Crippen LogP contribution in [0.2, 0.25) is 0 Å². The summed E-state index contributed by atoms with van der Waals surface area (Å²) in [5.41, 5.74) is 2.04. The smallest absolute Gasteiger partial charge is 0.282 e. The van der Waals surface area contributed by atoms with Gasteiger partial charge in [0.2, 0.25) is 0 Å². The Hall–Kier alpha value is -2.53. The Balaban J connectivity index is 2.13. The molecule has 0 atom stereocenters. The second-order valence-electron chi connectivity index (χ2n) is 4.56. The molecule has 0 amide bonds. The minimum atomic E-state index is -3.75. The van der Waals surface area contributed by atoms with Crippen molar-refractivity contribution in [1.29, 1.82) is 5.41 Å². The molecule has 0 aliphatic heterocycles. The van der Waals surface area contributed by atoms with Crippen molar-refractivity contribution >= 4 is 21.4 Å². The van der Waals surface area contributed by atoms with Crippen molar-refractivity contribution in [2.75, 3.05) is 0 Å². The Bertz CT molecular complexity index is 866. The summed E-state index contributed by atoms with van der Waals surface area (Å²) < 4.78 is 28.6. The van der Waals surface area contributed by atoms with E-state index in [2.05, 4.69) is 4.40 Å². The summed E-state index contributed by atoms with van der Waals surface area (Å²) in [4.78, 5) is 0.157. The molecule has 0 unspecified atom stereocenters. The molecule has 2 aromatic carbocycles. The molecule has 4 nitrogen and oxygen atoms in total. The molecule has 1 aliphatic carbocycles. The van der Waals surface area contributed by atoms with Gasteiger partial charge in [0, 0.05) is 11.1 Å². The number of fused-ring (bicyclic) bond motifs is 1. The van der Waals surface area contributed by atoms with Gasteiger partial charge in [0.25, 0.3) is 10.0 Å². The summed E-state index contributed by atoms with van der Waals surface area (Å²) >= 11 is 0. The van der Waals surface area contributed by atoms with Gasteiger partial charge in [-0.05, 0) is 24.3 Å². The highest BCUT2D eigenvalue weighted by molar-refractivity contribution is 7.90. The summed E-state index contributed by atoms with van der Waals surface area (Å²) in [7, 11) is -3.75. The Kier molecular flexibility index (Phi) is 3.27. The minimum absolute atomic E-state index is 0.157. The van der Waals surface area contributed by atoms with Crippen molar-refractivity contribution in [1.82, 2.24) is 0 Å². The van der Waals surface area contributed by atoms with E-state index in [0.29, 0.717) is 22.6 Å². The van der Waals surface area contributed by atoms with Crippen molar-refractivity contribution in [3.63, 3.8) is 0 Å². The lowest BCUT2D eigenvalue weighted by molar-refractivity contribution is 0.598. The largest absolute Gasteiger partial charge is 0.300 e. The van der Waals surface area contributed by atoms with Crippen LogP contribution in [0.25, 0.3) is 0 Å². The summed E-state index contributed by atoms with van der Waals surface area (Å²) in [5, 5.41) is 7.86. The van der Waals surface area contributed by atoms with Crippen LogP contribution >= 0.6 is 0 Å². The van der Waals surface area contributed by atoms with E-state index in [0.717, 1.165) is 0 Å². The van der Waals surface area contributed by atoms with E-state index in [1.807, 2.05) is 6.07 Å². The lowest BCUT2D eigenvalue weighted by Gasteiger charge is -2.13. The molecular weight excluding hydrogens is 284 g/mol. The van der Waals surface area contributed by atoms with Gasteiger partial charge >= 0.3 is 0 Å². The molecule has 0 aromatic heterocycles. The second-order valence-corrected chi connectivity index (χ2v) is 6.16. The summed E-state index contributed by atoms with van der Waals surface area (Å²) in [6.45, 7) is 0. The van der Waals surface area contributed by atoms with Gasteiger partial charge in [0.1, 0.15) is 0 Å². The van der Waals surface area contributed by atoms with Gasteiger partial charge in [-0.25, -0.2) is 0 Å². The van der Waals surface area contributed by atoms with Gasteiger partial charge in [-0.15, -0.1) is 0 Å². The van der Waals surface area contributed by atoms with E-state index in [4.69, 9.17) is 5.41 Å². The fraction of sp³-hybridized carbons (Fsp3) is 0. The van der Waals surface area contributed by atoms with E-state index < -0.39 is 10.0 Å². The summed E-state index contributed by atoms with van der Waals surface area (Å²) in [6, 6.07) is 15.3. The van der Waals surface area contributed by atoms with Gasteiger partial charge < -0.3 is 5.41 Å². The third kappa shape index (κ3) is 2.55. The maximum absolute atomic E-state index is 12.3. The molecule has 1 aliphatic rings. The Labute approximate surface area is 123 Å². The average molecular weight is 296 g/mol. The molecule has 21 heavy (non-hydrogen) atoms. The monoisotopic (exact) mass is 296 g/mol. The molecule has 3 rings (SSSR count). The van der Waals surface area contributed by atoms with Gasteiger partial charge in [0.05, 0.1) is 16.3 Å². The number of benzene rings is 2. The van der Waals surface area contributed by atoms with Crippen LogP contribution in [0.5, 0.6) is 0 Å². The van der Waals surface area contributed by atoms with Crippen LogP contribution in [0, 0.1) is 5.41 Å². The molecule has 104 valence electrons. The van der Waals surface area contributed by atoms with E-state index in [-0.39, 0.29) is 4.90 Å². The topological polar surface area (TPSA) is 70.3 Å². The minimum Gasteiger partial charge on any atom is -0.300 e. The molecular formula is C16H12N2O2S. The van der Waals surface area contributed by atoms with Crippen molar-refractivity contribution in [2.45, 2.75) is 4.90 Å². The molecule has 0 saturated carbocycles. The molecule has 2 aromatic rings. The zero-order valence-electron chi connectivity index (χ0n) is 11.0. The molecule has 0 saturated heterocycles. The lowest BCUT2D eigenvalue weighted by atomic mass is 9.94. The predicted octanol–water partition coefficient (Wildman–Crippen LogP) is 2.80. The number of sulfonamides is 1. The van der Waals surface area contributed by atoms with Gasteiger partial charge in [-0.3, -0.25) is 0 Å². The number of hydrogen-bond donors (Lipinski definition) is 1. The molecule has 5 heteroatoms. The van der Waals surface area contributed by atoms with Crippen LogP contribution in [0.1, 0.15) is 11.1 Å². The number of rotatable bonds is 2. The van der Waals surface area contributed by atoms with Crippen LogP contribution in [0.4, 0.5) is 0 Å². The maximum Gasteiger partial charge on any atom is 0.282 e. The quantitative estimate of drug-likeness (QED) is 0.925. The van der Waals surface area contributed by atoms with Crippen LogP contribution in [-0.2, 0) is 10.0 Å². The predicted molar refractivity (Wildman–Crippen MR) is 82.6 cm³/mol. The van der Waals surface area contributed by atoms with Crippen LogP contribution in [0.15, 0.2) is 76.0 Å². The number of nitrogens with zero attached hydrogens (tertiary/aromatic N) is 1. The number of hydrogen-bond acceptors (Lipinski definition) is 3. The first-order valence-electron chi connectivity index (χ1n) is 6.34. The first kappa shape index (κ1) is 13.5. The Morgan fingerprint density at radius 1 is 0.810 bits per heavy atom. The molecule has 0 radical (unpaired) electrons. The average Bonchev–Trinajstić information content (AvgIpc) is 2.51. The Morgan fingerprint density at radius 2 is 1.43 bits per heavy atom. The first-order chi connectivity index (χ1) is 10.1.